The molecule has 0 saturated heterocycles. The summed E-state index contributed by atoms with van der Waals surface area (Å²) < 4.78 is 28.7. The highest BCUT2D eigenvalue weighted by molar-refractivity contribution is 7.89. The zero-order valence-corrected chi connectivity index (χ0v) is 22.5. The first-order chi connectivity index (χ1) is 15.9. The van der Waals surface area contributed by atoms with E-state index >= 15 is 0 Å². The second kappa shape index (κ2) is 10.9. The summed E-state index contributed by atoms with van der Waals surface area (Å²) in [5.41, 5.74) is 3.13. The second-order valence-electron chi connectivity index (χ2n) is 7.93. The smallest absolute Gasteiger partial charge is 0.244 e. The molecule has 1 N–H and O–H groups in total. The van der Waals surface area contributed by atoms with Crippen LogP contribution >= 0.6 is 46.4 Å². The van der Waals surface area contributed by atoms with Gasteiger partial charge in [0.1, 0.15) is 0 Å². The Bertz CT molecular complexity index is 1340. The lowest BCUT2D eigenvalue weighted by Crippen LogP contribution is -2.38. The fourth-order valence-corrected chi connectivity index (χ4v) is 6.12. The Kier molecular flexibility index (Phi) is 8.56. The zero-order chi connectivity index (χ0) is 25.2. The maximum absolute atomic E-state index is 13.8. The van der Waals surface area contributed by atoms with Crippen LogP contribution in [0.3, 0.4) is 0 Å². The molecule has 0 aliphatic heterocycles. The molecule has 0 fully saturated rings. The number of amides is 1. The molecule has 0 unspecified atom stereocenters. The number of anilines is 1. The average Bonchev–Trinajstić information content (AvgIpc) is 2.72. The van der Waals surface area contributed by atoms with Crippen molar-refractivity contribution < 1.29 is 13.2 Å². The van der Waals surface area contributed by atoms with Crippen LogP contribution in [0.1, 0.15) is 22.3 Å². The number of hydrogen-bond acceptors (Lipinski definition) is 3. The van der Waals surface area contributed by atoms with Gasteiger partial charge >= 0.3 is 0 Å². The molecule has 10 heteroatoms. The molecule has 0 atom stereocenters. The Balaban J connectivity index is 1.98. The minimum atomic E-state index is -4.05. The summed E-state index contributed by atoms with van der Waals surface area (Å²) in [7, 11) is -4.05. The first kappa shape index (κ1) is 26.8. The van der Waals surface area contributed by atoms with Gasteiger partial charge in [-0.2, -0.15) is 4.31 Å². The van der Waals surface area contributed by atoms with Crippen LogP contribution in [-0.4, -0.2) is 25.2 Å². The molecule has 0 aliphatic carbocycles. The number of nitrogens with zero attached hydrogens (tertiary/aromatic N) is 1. The standard InChI is InChI=1S/C24H22Cl4N2O3S/c1-14-8-15(2)24(16(3)9-14)34(32,33)30(12-17-4-6-19(25)21(27)10-17)13-23(31)29-18-5-7-20(26)22(28)11-18/h4-11H,12-13H2,1-3H3,(H,29,31). The van der Waals surface area contributed by atoms with Crippen molar-refractivity contribution in [3.05, 3.63) is 90.9 Å². The van der Waals surface area contributed by atoms with Crippen molar-refractivity contribution in [3.63, 3.8) is 0 Å². The summed E-state index contributed by atoms with van der Waals surface area (Å²) in [4.78, 5) is 13.1. The van der Waals surface area contributed by atoms with E-state index in [1.165, 1.54) is 6.07 Å². The summed E-state index contributed by atoms with van der Waals surface area (Å²) in [6, 6.07) is 13.1. The second-order valence-corrected chi connectivity index (χ2v) is 11.4. The molecule has 34 heavy (non-hydrogen) atoms. The minimum Gasteiger partial charge on any atom is -0.325 e. The number of aryl methyl sites for hydroxylation is 3. The van der Waals surface area contributed by atoms with Crippen molar-refractivity contribution in [3.8, 4) is 0 Å². The molecule has 0 saturated carbocycles. The number of carbonyl (C=O) groups is 1. The molecule has 3 rings (SSSR count). The van der Waals surface area contributed by atoms with Gasteiger partial charge in [-0.15, -0.1) is 0 Å². The molecule has 1 amide bonds. The van der Waals surface area contributed by atoms with Gasteiger partial charge in [-0.25, -0.2) is 8.42 Å². The minimum absolute atomic E-state index is 0.0826. The van der Waals surface area contributed by atoms with E-state index in [1.807, 2.05) is 6.92 Å². The van der Waals surface area contributed by atoms with E-state index in [2.05, 4.69) is 5.32 Å². The van der Waals surface area contributed by atoms with E-state index < -0.39 is 22.5 Å². The number of halogens is 4. The summed E-state index contributed by atoms with van der Waals surface area (Å²) >= 11 is 24.1. The van der Waals surface area contributed by atoms with Crippen molar-refractivity contribution in [1.82, 2.24) is 4.31 Å². The largest absolute Gasteiger partial charge is 0.325 e. The fourth-order valence-electron chi connectivity index (χ4n) is 3.70. The monoisotopic (exact) mass is 558 g/mol. The van der Waals surface area contributed by atoms with Gasteiger partial charge in [-0.05, 0) is 67.8 Å². The number of nitrogens with one attached hydrogen (secondary N) is 1. The number of rotatable bonds is 7. The van der Waals surface area contributed by atoms with Crippen LogP contribution in [-0.2, 0) is 21.4 Å². The van der Waals surface area contributed by atoms with Crippen molar-refractivity contribution in [2.24, 2.45) is 0 Å². The van der Waals surface area contributed by atoms with Gasteiger partial charge < -0.3 is 5.32 Å². The van der Waals surface area contributed by atoms with Gasteiger partial charge in [0.2, 0.25) is 15.9 Å². The molecule has 3 aromatic rings. The predicted molar refractivity (Wildman–Crippen MR) is 140 cm³/mol. The van der Waals surface area contributed by atoms with Crippen LogP contribution in [0.5, 0.6) is 0 Å². The molecule has 0 heterocycles. The van der Waals surface area contributed by atoms with E-state index in [-0.39, 0.29) is 16.5 Å². The SMILES string of the molecule is Cc1cc(C)c(S(=O)(=O)N(CC(=O)Nc2ccc(Cl)c(Cl)c2)Cc2ccc(Cl)c(Cl)c2)c(C)c1. The highest BCUT2D eigenvalue weighted by Gasteiger charge is 2.30. The van der Waals surface area contributed by atoms with Crippen LogP contribution in [0, 0.1) is 20.8 Å². The predicted octanol–water partition coefficient (Wildman–Crippen LogP) is 7.06. The average molecular weight is 560 g/mol. The molecule has 0 aromatic heterocycles. The van der Waals surface area contributed by atoms with E-state index in [0.717, 1.165) is 9.87 Å². The molecule has 0 spiro atoms. The first-order valence-corrected chi connectivity index (χ1v) is 13.1. The van der Waals surface area contributed by atoms with Gasteiger partial charge in [0.05, 0.1) is 31.5 Å². The van der Waals surface area contributed by atoms with Gasteiger partial charge in [0, 0.05) is 12.2 Å². The molecule has 3 aromatic carbocycles. The highest BCUT2D eigenvalue weighted by atomic mass is 35.5. The maximum atomic E-state index is 13.8. The van der Waals surface area contributed by atoms with Crippen LogP contribution in [0.25, 0.3) is 0 Å². The van der Waals surface area contributed by atoms with Crippen LogP contribution < -0.4 is 5.32 Å². The van der Waals surface area contributed by atoms with E-state index in [1.54, 1.807) is 56.3 Å². The molecular formula is C24H22Cl4N2O3S. The lowest BCUT2D eigenvalue weighted by molar-refractivity contribution is -0.116. The van der Waals surface area contributed by atoms with Crippen molar-refractivity contribution in [2.75, 3.05) is 11.9 Å². The van der Waals surface area contributed by atoms with Gasteiger partial charge in [0.15, 0.2) is 0 Å². The summed E-state index contributed by atoms with van der Waals surface area (Å²) in [5.74, 6) is -0.538. The lowest BCUT2D eigenvalue weighted by atomic mass is 10.1. The van der Waals surface area contributed by atoms with Crippen LogP contribution in [0.15, 0.2) is 53.4 Å². The quantitative estimate of drug-likeness (QED) is 0.337. The van der Waals surface area contributed by atoms with Crippen molar-refractivity contribution in [1.29, 1.82) is 0 Å². The summed E-state index contributed by atoms with van der Waals surface area (Å²) in [5, 5.41) is 3.92. The first-order valence-electron chi connectivity index (χ1n) is 10.2. The third-order valence-electron chi connectivity index (χ3n) is 5.07. The topological polar surface area (TPSA) is 66.5 Å². The normalized spacial score (nSPS) is 11.6. The highest BCUT2D eigenvalue weighted by Crippen LogP contribution is 2.29. The van der Waals surface area contributed by atoms with Crippen LogP contribution in [0.2, 0.25) is 20.1 Å². The molecular weight excluding hydrogens is 538 g/mol. The molecule has 0 radical (unpaired) electrons. The molecule has 180 valence electrons. The van der Waals surface area contributed by atoms with Gasteiger partial charge in [-0.1, -0.05) is 70.2 Å². The number of hydrogen-bond donors (Lipinski definition) is 1. The molecule has 0 bridgehead atoms. The van der Waals surface area contributed by atoms with Gasteiger partial charge in [0.25, 0.3) is 0 Å². The Morgan fingerprint density at radius 1 is 0.824 bits per heavy atom. The number of sulfonamides is 1. The third kappa shape index (κ3) is 6.25. The summed E-state index contributed by atoms with van der Waals surface area (Å²) in [6.45, 7) is 4.85. The Morgan fingerprint density at radius 2 is 1.38 bits per heavy atom. The van der Waals surface area contributed by atoms with E-state index in [9.17, 15) is 13.2 Å². The van der Waals surface area contributed by atoms with Crippen LogP contribution in [0.4, 0.5) is 5.69 Å². The Hall–Kier alpha value is -1.80. The number of benzene rings is 3. The Labute approximate surface area is 219 Å². The zero-order valence-electron chi connectivity index (χ0n) is 18.6. The summed E-state index contributed by atoms with van der Waals surface area (Å²) in [6.07, 6.45) is 0. The van der Waals surface area contributed by atoms with E-state index in [4.69, 9.17) is 46.4 Å². The fraction of sp³-hybridized carbons (Fsp3) is 0.208. The maximum Gasteiger partial charge on any atom is 0.244 e. The lowest BCUT2D eigenvalue weighted by Gasteiger charge is -2.24. The van der Waals surface area contributed by atoms with E-state index in [0.29, 0.717) is 37.4 Å². The number of carbonyl (C=O) groups excluding carboxylic acids is 1. The van der Waals surface area contributed by atoms with Gasteiger partial charge in [-0.3, -0.25) is 4.79 Å². The Morgan fingerprint density at radius 3 is 1.94 bits per heavy atom. The molecule has 5 nitrogen and oxygen atoms in total. The van der Waals surface area contributed by atoms with Crippen molar-refractivity contribution >= 4 is 68.0 Å². The molecule has 0 aliphatic rings. The third-order valence-corrected chi connectivity index (χ3v) is 8.64. The van der Waals surface area contributed by atoms with Crippen molar-refractivity contribution in [2.45, 2.75) is 32.2 Å².